The minimum Gasteiger partial charge on any atom is -0.380 e. The average molecular weight is 178 g/mol. The number of hydrazone groups is 1. The van der Waals surface area contributed by atoms with Crippen molar-refractivity contribution in [2.45, 2.75) is 0 Å². The number of nitrogens with one attached hydrogen (secondary N) is 3. The molecule has 0 atom stereocenters. The SMILES string of the molecule is C1=C2NCCNC2=NN2NCN=C12. The van der Waals surface area contributed by atoms with Crippen LogP contribution in [0.3, 0.4) is 0 Å². The van der Waals surface area contributed by atoms with Gasteiger partial charge in [0.05, 0.1) is 5.70 Å². The summed E-state index contributed by atoms with van der Waals surface area (Å²) >= 11 is 0. The van der Waals surface area contributed by atoms with E-state index < -0.39 is 0 Å². The zero-order valence-electron chi connectivity index (χ0n) is 7.04. The van der Waals surface area contributed by atoms with E-state index in [0.29, 0.717) is 6.67 Å². The van der Waals surface area contributed by atoms with Crippen LogP contribution in [0.15, 0.2) is 21.9 Å². The van der Waals surface area contributed by atoms with Crippen LogP contribution in [0, 0.1) is 0 Å². The van der Waals surface area contributed by atoms with Crippen molar-refractivity contribution in [1.29, 1.82) is 0 Å². The summed E-state index contributed by atoms with van der Waals surface area (Å²) in [6.07, 6.45) is 1.99. The molecule has 68 valence electrons. The molecule has 13 heavy (non-hydrogen) atoms. The van der Waals surface area contributed by atoms with Crippen molar-refractivity contribution >= 4 is 11.7 Å². The fraction of sp³-hybridized carbons (Fsp3) is 0.429. The molecule has 0 saturated carbocycles. The van der Waals surface area contributed by atoms with Crippen LogP contribution in [0.1, 0.15) is 0 Å². The Morgan fingerprint density at radius 2 is 2.23 bits per heavy atom. The molecule has 6 nitrogen and oxygen atoms in total. The van der Waals surface area contributed by atoms with Gasteiger partial charge in [-0.2, -0.15) is 10.5 Å². The lowest BCUT2D eigenvalue weighted by atomic mass is 10.2. The number of nitrogens with zero attached hydrogens (tertiary/aromatic N) is 3. The van der Waals surface area contributed by atoms with Crippen LogP contribution in [-0.4, -0.2) is 36.5 Å². The molecule has 3 heterocycles. The van der Waals surface area contributed by atoms with Gasteiger partial charge in [-0.15, -0.1) is 5.10 Å². The number of hydrogen-bond acceptors (Lipinski definition) is 6. The van der Waals surface area contributed by atoms with Crippen LogP contribution in [-0.2, 0) is 0 Å². The molecule has 0 bridgehead atoms. The Bertz CT molecular complexity index is 328. The van der Waals surface area contributed by atoms with E-state index in [4.69, 9.17) is 0 Å². The summed E-state index contributed by atoms with van der Waals surface area (Å²) in [5.74, 6) is 1.76. The number of rotatable bonds is 0. The van der Waals surface area contributed by atoms with Crippen LogP contribution in [0.4, 0.5) is 0 Å². The smallest absolute Gasteiger partial charge is 0.171 e. The molecule has 0 aliphatic carbocycles. The van der Waals surface area contributed by atoms with Crippen LogP contribution < -0.4 is 16.1 Å². The molecule has 3 N–H and O–H groups in total. The summed E-state index contributed by atoms with van der Waals surface area (Å²) in [6, 6.07) is 0. The predicted molar refractivity (Wildman–Crippen MR) is 48.8 cm³/mol. The lowest BCUT2D eigenvalue weighted by Crippen LogP contribution is -2.48. The van der Waals surface area contributed by atoms with Gasteiger partial charge >= 0.3 is 0 Å². The van der Waals surface area contributed by atoms with Crippen molar-refractivity contribution in [2.24, 2.45) is 10.1 Å². The summed E-state index contributed by atoms with van der Waals surface area (Å²) in [6.45, 7) is 2.46. The maximum absolute atomic E-state index is 4.33. The Labute approximate surface area is 75.4 Å². The monoisotopic (exact) mass is 178 g/mol. The number of fused-ring (bicyclic) bond motifs is 2. The van der Waals surface area contributed by atoms with Crippen LogP contribution in [0.2, 0.25) is 0 Å². The van der Waals surface area contributed by atoms with Crippen LogP contribution in [0.25, 0.3) is 0 Å². The van der Waals surface area contributed by atoms with Crippen LogP contribution in [0.5, 0.6) is 0 Å². The van der Waals surface area contributed by atoms with Crippen molar-refractivity contribution in [3.8, 4) is 0 Å². The van der Waals surface area contributed by atoms with Gasteiger partial charge in [0.2, 0.25) is 0 Å². The molecule has 0 aromatic carbocycles. The quantitative estimate of drug-likeness (QED) is 0.425. The van der Waals surface area contributed by atoms with E-state index in [1.807, 2.05) is 6.08 Å². The second-order valence-electron chi connectivity index (χ2n) is 3.00. The van der Waals surface area contributed by atoms with Crippen molar-refractivity contribution in [3.05, 3.63) is 11.8 Å². The average Bonchev–Trinajstić information content (AvgIpc) is 2.61. The van der Waals surface area contributed by atoms with Crippen LogP contribution >= 0.6 is 0 Å². The Hall–Kier alpha value is -1.56. The Morgan fingerprint density at radius 3 is 3.23 bits per heavy atom. The Balaban J connectivity index is 1.98. The van der Waals surface area contributed by atoms with E-state index in [9.17, 15) is 0 Å². The highest BCUT2D eigenvalue weighted by molar-refractivity contribution is 6.08. The second kappa shape index (κ2) is 2.46. The molecule has 0 radical (unpaired) electrons. The van der Waals surface area contributed by atoms with Crippen molar-refractivity contribution < 1.29 is 0 Å². The fourth-order valence-electron chi connectivity index (χ4n) is 1.52. The van der Waals surface area contributed by atoms with Gasteiger partial charge in [0.15, 0.2) is 11.7 Å². The molecule has 1 saturated heterocycles. The van der Waals surface area contributed by atoms with E-state index in [0.717, 1.165) is 30.5 Å². The Morgan fingerprint density at radius 1 is 1.31 bits per heavy atom. The lowest BCUT2D eigenvalue weighted by molar-refractivity contribution is 0.356. The number of aliphatic imine (C=N–C) groups is 1. The largest absolute Gasteiger partial charge is 0.380 e. The highest BCUT2D eigenvalue weighted by Gasteiger charge is 2.24. The van der Waals surface area contributed by atoms with Crippen molar-refractivity contribution in [1.82, 2.24) is 21.2 Å². The summed E-state index contributed by atoms with van der Waals surface area (Å²) in [4.78, 5) is 4.23. The molecule has 1 fully saturated rings. The molecular weight excluding hydrogens is 168 g/mol. The van der Waals surface area contributed by atoms with E-state index in [1.54, 1.807) is 5.12 Å². The molecule has 0 spiro atoms. The number of piperazine rings is 1. The molecule has 0 unspecified atom stereocenters. The number of amidine groups is 2. The van der Waals surface area contributed by atoms with E-state index >= 15 is 0 Å². The minimum absolute atomic E-state index is 0.607. The summed E-state index contributed by atoms with van der Waals surface area (Å²) < 4.78 is 0. The zero-order valence-corrected chi connectivity index (χ0v) is 7.04. The van der Waals surface area contributed by atoms with Gasteiger partial charge < -0.3 is 10.6 Å². The lowest BCUT2D eigenvalue weighted by Gasteiger charge is -2.26. The van der Waals surface area contributed by atoms with Gasteiger partial charge in [0, 0.05) is 19.2 Å². The minimum atomic E-state index is 0.607. The fourth-order valence-corrected chi connectivity index (χ4v) is 1.52. The summed E-state index contributed by atoms with van der Waals surface area (Å²) in [5, 5.41) is 12.5. The van der Waals surface area contributed by atoms with Gasteiger partial charge in [0.1, 0.15) is 6.67 Å². The first-order valence-electron chi connectivity index (χ1n) is 4.30. The van der Waals surface area contributed by atoms with Gasteiger partial charge in [-0.1, -0.05) is 0 Å². The van der Waals surface area contributed by atoms with Gasteiger partial charge in [-0.05, 0) is 0 Å². The molecule has 3 aliphatic rings. The third-order valence-corrected chi connectivity index (χ3v) is 2.14. The third-order valence-electron chi connectivity index (χ3n) is 2.14. The van der Waals surface area contributed by atoms with Gasteiger partial charge in [-0.3, -0.25) is 0 Å². The van der Waals surface area contributed by atoms with E-state index in [2.05, 4.69) is 26.2 Å². The van der Waals surface area contributed by atoms with E-state index in [-0.39, 0.29) is 0 Å². The third kappa shape index (κ3) is 0.988. The molecule has 0 aromatic heterocycles. The van der Waals surface area contributed by atoms with Gasteiger partial charge in [-0.25, -0.2) is 4.99 Å². The molecule has 3 rings (SSSR count). The molecule has 3 aliphatic heterocycles. The van der Waals surface area contributed by atoms with Crippen molar-refractivity contribution in [3.63, 3.8) is 0 Å². The first-order valence-corrected chi connectivity index (χ1v) is 4.30. The maximum Gasteiger partial charge on any atom is 0.171 e. The summed E-state index contributed by atoms with van der Waals surface area (Å²) in [7, 11) is 0. The highest BCUT2D eigenvalue weighted by Crippen LogP contribution is 2.09. The topological polar surface area (TPSA) is 64.1 Å². The standard InChI is InChI=1S/C7H10N6/c1-2-9-7-5(8-1)3-6-10-4-11-13(6)12-7/h3,8,11H,1-2,4H2,(H,9,12). The summed E-state index contributed by atoms with van der Waals surface area (Å²) in [5.41, 5.74) is 4.05. The van der Waals surface area contributed by atoms with E-state index in [1.165, 1.54) is 0 Å². The van der Waals surface area contributed by atoms with Crippen molar-refractivity contribution in [2.75, 3.05) is 19.8 Å². The molecular formula is C7H10N6. The molecule has 0 aromatic rings. The Kier molecular flexibility index (Phi) is 1.31. The maximum atomic E-state index is 4.33. The zero-order chi connectivity index (χ0) is 8.67. The second-order valence-corrected chi connectivity index (χ2v) is 3.00. The molecule has 6 heteroatoms. The number of hydrazine groups is 1. The normalized spacial score (nSPS) is 24.6. The first-order chi connectivity index (χ1) is 6.43. The number of hydrogen-bond donors (Lipinski definition) is 3. The molecule has 0 amide bonds. The highest BCUT2D eigenvalue weighted by atomic mass is 15.7. The van der Waals surface area contributed by atoms with Gasteiger partial charge in [0.25, 0.3) is 0 Å². The predicted octanol–water partition coefficient (Wildman–Crippen LogP) is -1.43. The first kappa shape index (κ1) is 6.90.